The Balaban J connectivity index is 1.87. The summed E-state index contributed by atoms with van der Waals surface area (Å²) in [5, 5.41) is 6.68. The van der Waals surface area contributed by atoms with Crippen molar-refractivity contribution >= 4 is 15.9 Å². The number of benzene rings is 1. The second kappa shape index (κ2) is 7.61. The van der Waals surface area contributed by atoms with Crippen LogP contribution in [-0.2, 0) is 20.3 Å². The van der Waals surface area contributed by atoms with Gasteiger partial charge in [-0.05, 0) is 38.5 Å². The summed E-state index contributed by atoms with van der Waals surface area (Å²) in [6.07, 6.45) is 0. The van der Waals surface area contributed by atoms with Gasteiger partial charge in [-0.15, -0.1) is 0 Å². The fourth-order valence-electron chi connectivity index (χ4n) is 2.91. The molecule has 1 aliphatic rings. The zero-order valence-electron chi connectivity index (χ0n) is 16.4. The Morgan fingerprint density at radius 2 is 1.89 bits per heavy atom. The van der Waals surface area contributed by atoms with E-state index < -0.39 is 21.5 Å². The van der Waals surface area contributed by atoms with E-state index in [1.54, 1.807) is 39.8 Å². The molecule has 28 heavy (non-hydrogen) atoms. The molecule has 1 aliphatic heterocycles. The molecule has 10 heteroatoms. The van der Waals surface area contributed by atoms with Gasteiger partial charge in [-0.1, -0.05) is 11.2 Å². The molecule has 0 radical (unpaired) electrons. The summed E-state index contributed by atoms with van der Waals surface area (Å²) in [5.74, 6) is 0.309. The lowest BCUT2D eigenvalue weighted by Crippen LogP contribution is -2.42. The number of rotatable bonds is 5. The predicted molar refractivity (Wildman–Crippen MR) is 100 cm³/mol. The van der Waals surface area contributed by atoms with Crippen molar-refractivity contribution in [2.45, 2.75) is 38.1 Å². The zero-order chi connectivity index (χ0) is 20.5. The first-order chi connectivity index (χ1) is 13.1. The molecule has 2 heterocycles. The van der Waals surface area contributed by atoms with Gasteiger partial charge in [0.1, 0.15) is 0 Å². The van der Waals surface area contributed by atoms with E-state index >= 15 is 0 Å². The molecule has 1 N–H and O–H groups in total. The average molecular weight is 408 g/mol. The van der Waals surface area contributed by atoms with Crippen LogP contribution < -0.4 is 5.32 Å². The molecule has 1 aromatic heterocycles. The summed E-state index contributed by atoms with van der Waals surface area (Å²) in [6, 6.07) is 4.64. The van der Waals surface area contributed by atoms with Crippen LogP contribution in [0.1, 0.15) is 41.5 Å². The van der Waals surface area contributed by atoms with Gasteiger partial charge in [0, 0.05) is 25.6 Å². The number of aryl methyl sites for hydroxylation is 2. The fourth-order valence-corrected chi connectivity index (χ4v) is 4.57. The number of nitrogens with zero attached hydrogens (tertiary/aromatic N) is 3. The lowest BCUT2D eigenvalue weighted by molar-refractivity contribution is 0.0730. The van der Waals surface area contributed by atoms with Crippen LogP contribution in [-0.4, -0.2) is 55.1 Å². The largest absolute Gasteiger partial charge is 0.379 e. The van der Waals surface area contributed by atoms with E-state index in [0.717, 1.165) is 0 Å². The molecule has 152 valence electrons. The third-order valence-electron chi connectivity index (χ3n) is 4.55. The molecule has 0 aliphatic carbocycles. The number of nitrogens with one attached hydrogen (secondary N) is 1. The highest BCUT2D eigenvalue weighted by Crippen LogP contribution is 2.23. The van der Waals surface area contributed by atoms with E-state index in [0.29, 0.717) is 43.6 Å². The molecule has 0 atom stereocenters. The van der Waals surface area contributed by atoms with Crippen molar-refractivity contribution in [2.75, 3.05) is 26.3 Å². The summed E-state index contributed by atoms with van der Waals surface area (Å²) < 4.78 is 37.6. The van der Waals surface area contributed by atoms with Gasteiger partial charge in [0.05, 0.1) is 23.6 Å². The van der Waals surface area contributed by atoms with Crippen molar-refractivity contribution in [2.24, 2.45) is 0 Å². The summed E-state index contributed by atoms with van der Waals surface area (Å²) in [4.78, 5) is 17.1. The van der Waals surface area contributed by atoms with Crippen molar-refractivity contribution in [1.82, 2.24) is 19.8 Å². The Hall–Kier alpha value is -2.30. The quantitative estimate of drug-likeness (QED) is 0.794. The molecule has 0 spiro atoms. The summed E-state index contributed by atoms with van der Waals surface area (Å²) in [6.45, 7) is 8.17. The van der Waals surface area contributed by atoms with Gasteiger partial charge >= 0.3 is 0 Å². The molecular weight excluding hydrogens is 384 g/mol. The minimum Gasteiger partial charge on any atom is -0.379 e. The Morgan fingerprint density at radius 1 is 1.21 bits per heavy atom. The Kier molecular flexibility index (Phi) is 5.55. The lowest BCUT2D eigenvalue weighted by Gasteiger charge is -2.27. The van der Waals surface area contributed by atoms with Crippen LogP contribution >= 0.6 is 0 Å². The number of hydrogen-bond donors (Lipinski definition) is 1. The highest BCUT2D eigenvalue weighted by molar-refractivity contribution is 7.89. The molecule has 1 fully saturated rings. The van der Waals surface area contributed by atoms with Crippen molar-refractivity contribution in [3.05, 3.63) is 41.0 Å². The third-order valence-corrected chi connectivity index (χ3v) is 6.59. The average Bonchev–Trinajstić information content (AvgIpc) is 3.09. The molecule has 1 aromatic carbocycles. The van der Waals surface area contributed by atoms with Crippen molar-refractivity contribution in [1.29, 1.82) is 0 Å². The van der Waals surface area contributed by atoms with Gasteiger partial charge in [0.2, 0.25) is 15.9 Å². The molecule has 0 bridgehead atoms. The van der Waals surface area contributed by atoms with Crippen LogP contribution in [0.2, 0.25) is 0 Å². The second-order valence-electron chi connectivity index (χ2n) is 7.21. The van der Waals surface area contributed by atoms with Crippen molar-refractivity contribution in [3.8, 4) is 0 Å². The predicted octanol–water partition coefficient (Wildman–Crippen LogP) is 1.37. The molecule has 0 unspecified atom stereocenters. The number of amides is 1. The van der Waals surface area contributed by atoms with E-state index in [9.17, 15) is 13.2 Å². The Morgan fingerprint density at radius 3 is 2.50 bits per heavy atom. The van der Waals surface area contributed by atoms with E-state index in [1.165, 1.54) is 10.4 Å². The van der Waals surface area contributed by atoms with Crippen molar-refractivity contribution in [3.63, 3.8) is 0 Å². The van der Waals surface area contributed by atoms with Gasteiger partial charge < -0.3 is 14.6 Å². The molecule has 9 nitrogen and oxygen atoms in total. The maximum Gasteiger partial charge on any atom is 0.252 e. The zero-order valence-corrected chi connectivity index (χ0v) is 17.2. The standard InChI is InChI=1S/C18H24N4O5S/c1-12-5-6-14(11-15(12)28(24,25)22-7-9-26-10-8-22)16(23)20-18(3,4)17-19-13(2)27-21-17/h5-6,11H,7-10H2,1-4H3,(H,20,23). The fraction of sp³-hybridized carbons (Fsp3) is 0.500. The number of sulfonamides is 1. The van der Waals surface area contributed by atoms with E-state index in [4.69, 9.17) is 9.26 Å². The molecule has 0 saturated carbocycles. The Labute approximate surface area is 164 Å². The maximum absolute atomic E-state index is 13.0. The number of hydrogen-bond acceptors (Lipinski definition) is 7. The molecule has 2 aromatic rings. The third kappa shape index (κ3) is 4.08. The van der Waals surface area contributed by atoms with E-state index in [-0.39, 0.29) is 10.5 Å². The number of aromatic nitrogens is 2. The van der Waals surface area contributed by atoms with Crippen LogP contribution in [0.5, 0.6) is 0 Å². The van der Waals surface area contributed by atoms with Crippen LogP contribution in [0.4, 0.5) is 0 Å². The van der Waals surface area contributed by atoms with Gasteiger partial charge in [-0.2, -0.15) is 9.29 Å². The number of carbonyl (C=O) groups is 1. The molecular formula is C18H24N4O5S. The van der Waals surface area contributed by atoms with E-state index in [2.05, 4.69) is 15.5 Å². The van der Waals surface area contributed by atoms with Crippen LogP contribution in [0.3, 0.4) is 0 Å². The summed E-state index contributed by atoms with van der Waals surface area (Å²) >= 11 is 0. The van der Waals surface area contributed by atoms with Crippen LogP contribution in [0.15, 0.2) is 27.6 Å². The maximum atomic E-state index is 13.0. The van der Waals surface area contributed by atoms with E-state index in [1.807, 2.05) is 0 Å². The monoisotopic (exact) mass is 408 g/mol. The SMILES string of the molecule is Cc1nc(C(C)(C)NC(=O)c2ccc(C)c(S(=O)(=O)N3CCOCC3)c2)no1. The number of carbonyl (C=O) groups excluding carboxylic acids is 1. The van der Waals surface area contributed by atoms with Gasteiger partial charge in [0.15, 0.2) is 5.82 Å². The highest BCUT2D eigenvalue weighted by Gasteiger charge is 2.31. The number of morpholine rings is 1. The van der Waals surface area contributed by atoms with Gasteiger partial charge in [0.25, 0.3) is 5.91 Å². The first kappa shape index (κ1) is 20.4. The Bertz CT molecular complexity index is 978. The van der Waals surface area contributed by atoms with Gasteiger partial charge in [-0.3, -0.25) is 4.79 Å². The van der Waals surface area contributed by atoms with Crippen LogP contribution in [0, 0.1) is 13.8 Å². The summed E-state index contributed by atoms with van der Waals surface area (Å²) in [7, 11) is -3.71. The normalized spacial score (nSPS) is 16.1. The number of ether oxygens (including phenoxy) is 1. The molecule has 1 amide bonds. The minimum atomic E-state index is -3.71. The molecule has 3 rings (SSSR count). The summed E-state index contributed by atoms with van der Waals surface area (Å²) in [5.41, 5.74) is -0.0648. The first-order valence-electron chi connectivity index (χ1n) is 8.93. The van der Waals surface area contributed by atoms with Crippen molar-refractivity contribution < 1.29 is 22.5 Å². The van der Waals surface area contributed by atoms with Crippen LogP contribution in [0.25, 0.3) is 0 Å². The second-order valence-corrected chi connectivity index (χ2v) is 9.12. The topological polar surface area (TPSA) is 115 Å². The van der Waals surface area contributed by atoms with Gasteiger partial charge in [-0.25, -0.2) is 8.42 Å². The minimum absolute atomic E-state index is 0.121. The first-order valence-corrected chi connectivity index (χ1v) is 10.4. The smallest absolute Gasteiger partial charge is 0.252 e. The highest BCUT2D eigenvalue weighted by atomic mass is 32.2. The molecule has 1 saturated heterocycles. The lowest BCUT2D eigenvalue weighted by atomic mass is 10.0.